The van der Waals surface area contributed by atoms with Crippen LogP contribution in [0.1, 0.15) is 27.9 Å². The first-order valence-electron chi connectivity index (χ1n) is 6.40. The van der Waals surface area contributed by atoms with Gasteiger partial charge in [0.1, 0.15) is 5.75 Å². The highest BCUT2D eigenvalue weighted by atomic mass is 35.5. The second kappa shape index (κ2) is 5.32. The number of hydrogen-bond donors (Lipinski definition) is 0. The Hall–Kier alpha value is -2.16. The molecule has 1 aromatic carbocycles. The van der Waals surface area contributed by atoms with Gasteiger partial charge in [-0.05, 0) is 48.7 Å². The molecule has 0 unspecified atom stereocenters. The number of nitrogens with zero attached hydrogens (tertiary/aromatic N) is 3. The predicted molar refractivity (Wildman–Crippen MR) is 76.2 cm³/mol. The third kappa shape index (κ3) is 2.56. The molecule has 3 rings (SSSR count). The minimum absolute atomic E-state index is 0.137. The number of rotatable bonds is 2. The summed E-state index contributed by atoms with van der Waals surface area (Å²) in [6.45, 7) is 4.61. The van der Waals surface area contributed by atoms with Gasteiger partial charge < -0.3 is 9.47 Å². The van der Waals surface area contributed by atoms with E-state index in [9.17, 15) is 0 Å². The molecule has 0 atom stereocenters. The second-order valence-corrected chi connectivity index (χ2v) is 5.21. The van der Waals surface area contributed by atoms with Crippen LogP contribution >= 0.6 is 11.6 Å². The Bertz CT molecular complexity index is 745. The smallest absolute Gasteiger partial charge is 0.229 e. The van der Waals surface area contributed by atoms with Gasteiger partial charge in [-0.3, -0.25) is 0 Å². The first kappa shape index (κ1) is 13.8. The molecule has 0 spiro atoms. The molecule has 0 bridgehead atoms. The van der Waals surface area contributed by atoms with E-state index in [2.05, 4.69) is 16.0 Å². The van der Waals surface area contributed by atoms with E-state index in [1.165, 1.54) is 0 Å². The monoisotopic (exact) mass is 301 g/mol. The molecular formula is C15H12ClN3O2. The average Bonchev–Trinajstić information content (AvgIpc) is 2.90. The highest BCUT2D eigenvalue weighted by molar-refractivity contribution is 6.28. The summed E-state index contributed by atoms with van der Waals surface area (Å²) in [7, 11) is 0. The number of ether oxygens (including phenoxy) is 2. The molecule has 0 aliphatic carbocycles. The van der Waals surface area contributed by atoms with Crippen LogP contribution in [0.4, 0.5) is 0 Å². The normalized spacial score (nSPS) is 12.9. The molecule has 5 nitrogen and oxygen atoms in total. The maximum absolute atomic E-state index is 8.98. The van der Waals surface area contributed by atoms with Gasteiger partial charge in [-0.2, -0.15) is 10.2 Å². The summed E-state index contributed by atoms with van der Waals surface area (Å²) in [6.07, 6.45) is 0. The Morgan fingerprint density at radius 2 is 1.95 bits per heavy atom. The number of fused-ring (bicyclic) bond motifs is 1. The molecule has 0 radical (unpaired) electrons. The van der Waals surface area contributed by atoms with Gasteiger partial charge in [0.15, 0.2) is 0 Å². The van der Waals surface area contributed by atoms with Crippen LogP contribution in [0, 0.1) is 25.2 Å². The lowest BCUT2D eigenvalue weighted by Crippen LogP contribution is -2.00. The van der Waals surface area contributed by atoms with Crippen LogP contribution in [0.3, 0.4) is 0 Å². The second-order valence-electron chi connectivity index (χ2n) is 4.87. The Kier molecular flexibility index (Phi) is 3.50. The summed E-state index contributed by atoms with van der Waals surface area (Å²) >= 11 is 5.92. The third-order valence-corrected chi connectivity index (χ3v) is 3.47. The molecule has 0 fully saturated rings. The molecule has 1 aliphatic heterocycles. The zero-order valence-electron chi connectivity index (χ0n) is 11.6. The van der Waals surface area contributed by atoms with Gasteiger partial charge >= 0.3 is 0 Å². The molecule has 1 aromatic heterocycles. The largest absolute Gasteiger partial charge is 0.438 e. The van der Waals surface area contributed by atoms with E-state index in [0.29, 0.717) is 30.4 Å². The molecule has 1 aliphatic rings. The number of hydrogen-bond acceptors (Lipinski definition) is 5. The van der Waals surface area contributed by atoms with Gasteiger partial charge in [0.05, 0.1) is 36.1 Å². The van der Waals surface area contributed by atoms with Crippen LogP contribution in [-0.2, 0) is 18.0 Å². The van der Waals surface area contributed by atoms with E-state index >= 15 is 0 Å². The van der Waals surface area contributed by atoms with E-state index in [1.807, 2.05) is 13.8 Å². The molecule has 106 valence electrons. The first-order valence-corrected chi connectivity index (χ1v) is 6.78. The fourth-order valence-electron chi connectivity index (χ4n) is 2.35. The van der Waals surface area contributed by atoms with Crippen molar-refractivity contribution >= 4 is 11.6 Å². The lowest BCUT2D eigenvalue weighted by Gasteiger charge is -2.13. The van der Waals surface area contributed by atoms with E-state index in [1.54, 1.807) is 12.1 Å². The van der Waals surface area contributed by atoms with Gasteiger partial charge in [0, 0.05) is 0 Å². The number of nitriles is 1. The topological polar surface area (TPSA) is 68.0 Å². The number of aromatic nitrogens is 2. The Labute approximate surface area is 127 Å². The Morgan fingerprint density at radius 1 is 1.24 bits per heavy atom. The SMILES string of the molecule is Cc1cc(C#N)cc(C)c1Oc1nc(Cl)nc2c1COC2. The van der Waals surface area contributed by atoms with Crippen molar-refractivity contribution in [2.24, 2.45) is 0 Å². The minimum Gasteiger partial charge on any atom is -0.438 e. The fourth-order valence-corrected chi connectivity index (χ4v) is 2.53. The minimum atomic E-state index is 0.137. The van der Waals surface area contributed by atoms with E-state index in [4.69, 9.17) is 26.3 Å². The summed E-state index contributed by atoms with van der Waals surface area (Å²) in [5, 5.41) is 9.12. The maximum atomic E-state index is 8.98. The summed E-state index contributed by atoms with van der Waals surface area (Å²) in [5.74, 6) is 1.09. The first-order chi connectivity index (χ1) is 10.1. The molecule has 21 heavy (non-hydrogen) atoms. The van der Waals surface area contributed by atoms with Crippen molar-refractivity contribution in [2.75, 3.05) is 0 Å². The highest BCUT2D eigenvalue weighted by Crippen LogP contribution is 2.34. The van der Waals surface area contributed by atoms with Crippen LogP contribution in [-0.4, -0.2) is 9.97 Å². The van der Waals surface area contributed by atoms with Crippen molar-refractivity contribution in [3.63, 3.8) is 0 Å². The summed E-state index contributed by atoms with van der Waals surface area (Å²) in [6, 6.07) is 5.69. The average molecular weight is 302 g/mol. The summed E-state index contributed by atoms with van der Waals surface area (Å²) < 4.78 is 11.3. The van der Waals surface area contributed by atoms with Gasteiger partial charge in [0.2, 0.25) is 11.2 Å². The van der Waals surface area contributed by atoms with Crippen molar-refractivity contribution in [2.45, 2.75) is 27.1 Å². The summed E-state index contributed by atoms with van der Waals surface area (Å²) in [4.78, 5) is 8.29. The van der Waals surface area contributed by atoms with Crippen molar-refractivity contribution in [1.29, 1.82) is 5.26 Å². The molecule has 0 saturated carbocycles. The molecule has 6 heteroatoms. The molecule has 2 aromatic rings. The van der Waals surface area contributed by atoms with Gasteiger partial charge in [-0.15, -0.1) is 0 Å². The highest BCUT2D eigenvalue weighted by Gasteiger charge is 2.22. The lowest BCUT2D eigenvalue weighted by atomic mass is 10.1. The number of halogens is 1. The molecule has 2 heterocycles. The van der Waals surface area contributed by atoms with Crippen LogP contribution < -0.4 is 4.74 Å². The molecule has 0 saturated heterocycles. The molecular weight excluding hydrogens is 290 g/mol. The standard InChI is InChI=1S/C15H12ClN3O2/c1-8-3-10(5-17)4-9(2)13(8)21-14-11-6-20-7-12(11)18-15(16)19-14/h3-4H,6-7H2,1-2H3. The van der Waals surface area contributed by atoms with Crippen molar-refractivity contribution in [3.05, 3.63) is 45.4 Å². The van der Waals surface area contributed by atoms with Gasteiger partial charge in [-0.1, -0.05) is 0 Å². The Morgan fingerprint density at radius 3 is 2.62 bits per heavy atom. The van der Waals surface area contributed by atoms with Crippen LogP contribution in [0.15, 0.2) is 12.1 Å². The summed E-state index contributed by atoms with van der Waals surface area (Å²) in [5.41, 5.74) is 3.92. The third-order valence-electron chi connectivity index (χ3n) is 3.30. The quantitative estimate of drug-likeness (QED) is 0.795. The predicted octanol–water partition coefficient (Wildman–Crippen LogP) is 3.44. The van der Waals surface area contributed by atoms with Crippen molar-refractivity contribution in [3.8, 4) is 17.7 Å². The van der Waals surface area contributed by atoms with Crippen LogP contribution in [0.5, 0.6) is 11.6 Å². The van der Waals surface area contributed by atoms with Gasteiger partial charge in [0.25, 0.3) is 0 Å². The molecule has 0 amide bonds. The van der Waals surface area contributed by atoms with E-state index in [-0.39, 0.29) is 5.28 Å². The maximum Gasteiger partial charge on any atom is 0.229 e. The van der Waals surface area contributed by atoms with Crippen molar-refractivity contribution < 1.29 is 9.47 Å². The molecule has 0 N–H and O–H groups in total. The zero-order chi connectivity index (χ0) is 15.0. The van der Waals surface area contributed by atoms with Crippen LogP contribution in [0.25, 0.3) is 0 Å². The van der Waals surface area contributed by atoms with Crippen molar-refractivity contribution in [1.82, 2.24) is 9.97 Å². The number of aryl methyl sites for hydroxylation is 2. The van der Waals surface area contributed by atoms with Crippen LogP contribution in [0.2, 0.25) is 5.28 Å². The Balaban J connectivity index is 2.04. The lowest BCUT2D eigenvalue weighted by molar-refractivity contribution is 0.132. The number of benzene rings is 1. The van der Waals surface area contributed by atoms with E-state index < -0.39 is 0 Å². The van der Waals surface area contributed by atoms with Gasteiger partial charge in [-0.25, -0.2) is 4.98 Å². The zero-order valence-corrected chi connectivity index (χ0v) is 12.4. The fraction of sp³-hybridized carbons (Fsp3) is 0.267. The van der Waals surface area contributed by atoms with E-state index in [0.717, 1.165) is 22.4 Å².